The van der Waals surface area contributed by atoms with Crippen molar-refractivity contribution in [2.24, 2.45) is 11.8 Å². The molecule has 0 radical (unpaired) electrons. The van der Waals surface area contributed by atoms with E-state index in [1.165, 1.54) is 4.90 Å². The van der Waals surface area contributed by atoms with E-state index in [4.69, 9.17) is 0 Å². The quantitative estimate of drug-likeness (QED) is 0.140. The van der Waals surface area contributed by atoms with Crippen LogP contribution in [0.5, 0.6) is 0 Å². The molecule has 2 atom stereocenters. The fourth-order valence-corrected chi connectivity index (χ4v) is 7.88. The molecule has 1 aliphatic heterocycles. The molecule has 9 rings (SSSR count). The summed E-state index contributed by atoms with van der Waals surface area (Å²) in [5.41, 5.74) is 10.2. The predicted octanol–water partition coefficient (Wildman–Crippen LogP) is 11.9. The highest BCUT2D eigenvalue weighted by Gasteiger charge is 2.52. The summed E-state index contributed by atoms with van der Waals surface area (Å²) in [6.45, 7) is 0. The maximum atomic E-state index is 14.5. The molecular weight excluding hydrogens is 675 g/mol. The molecule has 0 N–H and O–H groups in total. The number of fused-ring (bicyclic) bond motifs is 1. The van der Waals surface area contributed by atoms with Gasteiger partial charge in [0, 0.05) is 34.1 Å². The van der Waals surface area contributed by atoms with Gasteiger partial charge in [0.15, 0.2) is 0 Å². The lowest BCUT2D eigenvalue weighted by atomic mass is 9.74. The Morgan fingerprint density at radius 2 is 0.600 bits per heavy atom. The molecule has 2 unspecified atom stereocenters. The second-order valence-corrected chi connectivity index (χ2v) is 13.7. The summed E-state index contributed by atoms with van der Waals surface area (Å²) < 4.78 is 0. The lowest BCUT2D eigenvalue weighted by Crippen LogP contribution is -2.31. The molecule has 7 aromatic carbocycles. The molecule has 2 amide bonds. The first-order chi connectivity index (χ1) is 27.2. The van der Waals surface area contributed by atoms with Gasteiger partial charge in [-0.1, -0.05) is 127 Å². The monoisotopic (exact) mass is 711 g/mol. The van der Waals surface area contributed by atoms with Gasteiger partial charge in [-0.25, -0.2) is 4.90 Å². The van der Waals surface area contributed by atoms with Crippen LogP contribution in [-0.2, 0) is 9.59 Å². The number of anilines is 7. The zero-order chi connectivity index (χ0) is 37.1. The van der Waals surface area contributed by atoms with Gasteiger partial charge in [0.1, 0.15) is 0 Å². The number of benzene rings is 7. The van der Waals surface area contributed by atoms with E-state index in [-0.39, 0.29) is 11.8 Å². The maximum Gasteiger partial charge on any atom is 0.242 e. The van der Waals surface area contributed by atoms with Gasteiger partial charge in [0.2, 0.25) is 11.8 Å². The lowest BCUT2D eigenvalue weighted by Gasteiger charge is -2.28. The van der Waals surface area contributed by atoms with Gasteiger partial charge in [-0.3, -0.25) is 9.59 Å². The lowest BCUT2D eigenvalue weighted by molar-refractivity contribution is -0.122. The van der Waals surface area contributed by atoms with Crippen LogP contribution in [-0.4, -0.2) is 11.8 Å². The van der Waals surface area contributed by atoms with E-state index in [0.29, 0.717) is 5.69 Å². The number of imide groups is 1. The highest BCUT2D eigenvalue weighted by atomic mass is 16.2. The molecule has 0 bridgehead atoms. The summed E-state index contributed by atoms with van der Waals surface area (Å²) in [6, 6.07) is 67.0. The molecule has 0 spiro atoms. The summed E-state index contributed by atoms with van der Waals surface area (Å²) in [5, 5.41) is 0. The number of nitrogens with zero attached hydrogens (tertiary/aromatic N) is 3. The number of allylic oxidation sites excluding steroid dienone is 2. The Morgan fingerprint density at radius 1 is 0.327 bits per heavy atom. The minimum Gasteiger partial charge on any atom is -0.311 e. The van der Waals surface area contributed by atoms with Crippen molar-refractivity contribution in [3.8, 4) is 0 Å². The van der Waals surface area contributed by atoms with Crippen LogP contribution in [0.4, 0.5) is 39.8 Å². The van der Waals surface area contributed by atoms with Gasteiger partial charge in [0.05, 0.1) is 17.5 Å². The molecule has 0 saturated carbocycles. The summed E-state index contributed by atoms with van der Waals surface area (Å²) in [6.07, 6.45) is 4.07. The first kappa shape index (κ1) is 33.6. The molecule has 264 valence electrons. The van der Waals surface area contributed by atoms with Crippen LogP contribution in [0.1, 0.15) is 11.1 Å². The molecular formula is C50H37N3O2. The number of rotatable bonds is 9. The van der Waals surface area contributed by atoms with E-state index < -0.39 is 11.8 Å². The van der Waals surface area contributed by atoms with Gasteiger partial charge in [0.25, 0.3) is 0 Å². The third-order valence-corrected chi connectivity index (χ3v) is 10.4. The molecule has 1 heterocycles. The highest BCUT2D eigenvalue weighted by molar-refractivity contribution is 6.28. The van der Waals surface area contributed by atoms with Crippen molar-refractivity contribution in [2.45, 2.75) is 0 Å². The van der Waals surface area contributed by atoms with E-state index >= 15 is 0 Å². The molecule has 7 aromatic rings. The molecule has 1 aliphatic carbocycles. The van der Waals surface area contributed by atoms with Gasteiger partial charge < -0.3 is 9.80 Å². The van der Waals surface area contributed by atoms with Crippen molar-refractivity contribution >= 4 is 62.8 Å². The normalized spacial score (nSPS) is 16.3. The fraction of sp³-hybridized carbons (Fsp3) is 0.0400. The number of hydrogen-bond donors (Lipinski definition) is 0. The Balaban J connectivity index is 1.11. The Bertz CT molecular complexity index is 2260. The van der Waals surface area contributed by atoms with Crippen LogP contribution in [0.25, 0.3) is 11.1 Å². The summed E-state index contributed by atoms with van der Waals surface area (Å²) in [5.74, 6) is -1.79. The Labute approximate surface area is 321 Å². The number of hydrogen-bond acceptors (Lipinski definition) is 4. The van der Waals surface area contributed by atoms with Gasteiger partial charge in [-0.15, -0.1) is 0 Å². The summed E-state index contributed by atoms with van der Waals surface area (Å²) >= 11 is 0. The maximum absolute atomic E-state index is 14.5. The first-order valence-corrected chi connectivity index (χ1v) is 18.5. The molecule has 1 fully saturated rings. The van der Waals surface area contributed by atoms with E-state index in [2.05, 4.69) is 107 Å². The van der Waals surface area contributed by atoms with Crippen molar-refractivity contribution in [2.75, 3.05) is 14.7 Å². The standard InChI is InChI=1S/C50H37N3O2/c54-49-47-45(36-26-30-43(31-27-36)51(38-16-6-1-7-17-38)39-18-8-2-9-19-39)34-35-46(48(47)50(55)53(49)42-24-14-5-15-25-42)37-28-32-44(33-29-37)52(40-20-10-3-11-21-40)41-22-12-4-13-23-41/h1-35,47-48H. The van der Waals surface area contributed by atoms with Crippen molar-refractivity contribution in [3.05, 3.63) is 223 Å². The number of carbonyl (C=O) groups excluding carboxylic acids is 2. The predicted molar refractivity (Wildman–Crippen MR) is 224 cm³/mol. The third-order valence-electron chi connectivity index (χ3n) is 10.4. The zero-order valence-corrected chi connectivity index (χ0v) is 30.0. The van der Waals surface area contributed by atoms with Crippen molar-refractivity contribution in [1.82, 2.24) is 0 Å². The van der Waals surface area contributed by atoms with Crippen LogP contribution < -0.4 is 14.7 Å². The molecule has 5 heteroatoms. The largest absolute Gasteiger partial charge is 0.311 e. The summed E-state index contributed by atoms with van der Waals surface area (Å²) in [4.78, 5) is 34.9. The SMILES string of the molecule is O=C1C2C(c3ccc(N(c4ccccc4)c4ccccc4)cc3)=CC=C(c3ccc(N(c4ccccc4)c4ccccc4)cc3)C2C(=O)N1c1ccccc1. The van der Waals surface area contributed by atoms with E-state index in [0.717, 1.165) is 56.4 Å². The Hall–Kier alpha value is -7.24. The summed E-state index contributed by atoms with van der Waals surface area (Å²) in [7, 11) is 0. The van der Waals surface area contributed by atoms with Gasteiger partial charge >= 0.3 is 0 Å². The second kappa shape index (κ2) is 14.6. The van der Waals surface area contributed by atoms with Crippen LogP contribution in [0.2, 0.25) is 0 Å². The van der Waals surface area contributed by atoms with E-state index in [9.17, 15) is 9.59 Å². The minimum absolute atomic E-state index is 0.215. The van der Waals surface area contributed by atoms with Crippen LogP contribution >= 0.6 is 0 Å². The molecule has 1 saturated heterocycles. The molecule has 0 aromatic heterocycles. The first-order valence-electron chi connectivity index (χ1n) is 18.5. The average Bonchev–Trinajstić information content (AvgIpc) is 3.52. The second-order valence-electron chi connectivity index (χ2n) is 13.7. The van der Waals surface area contributed by atoms with Crippen molar-refractivity contribution < 1.29 is 9.59 Å². The third kappa shape index (κ3) is 6.32. The number of amides is 2. The number of carbonyl (C=O) groups is 2. The molecule has 2 aliphatic rings. The van der Waals surface area contributed by atoms with Crippen LogP contribution in [0.15, 0.2) is 212 Å². The van der Waals surface area contributed by atoms with E-state index in [1.54, 1.807) is 0 Å². The fourth-order valence-electron chi connectivity index (χ4n) is 7.88. The Kier molecular flexibility index (Phi) is 8.94. The average molecular weight is 712 g/mol. The zero-order valence-electron chi connectivity index (χ0n) is 30.0. The molecule has 5 nitrogen and oxygen atoms in total. The number of para-hydroxylation sites is 5. The van der Waals surface area contributed by atoms with Crippen molar-refractivity contribution in [1.29, 1.82) is 0 Å². The van der Waals surface area contributed by atoms with E-state index in [1.807, 2.05) is 115 Å². The van der Waals surface area contributed by atoms with Crippen LogP contribution in [0.3, 0.4) is 0 Å². The van der Waals surface area contributed by atoms with Gasteiger partial charge in [-0.2, -0.15) is 0 Å². The minimum atomic E-state index is -0.678. The Morgan fingerprint density at radius 3 is 0.909 bits per heavy atom. The highest BCUT2D eigenvalue weighted by Crippen LogP contribution is 2.49. The topological polar surface area (TPSA) is 43.9 Å². The van der Waals surface area contributed by atoms with Gasteiger partial charge in [-0.05, 0) is 107 Å². The molecule has 55 heavy (non-hydrogen) atoms. The van der Waals surface area contributed by atoms with Crippen LogP contribution in [0, 0.1) is 11.8 Å². The smallest absolute Gasteiger partial charge is 0.242 e. The van der Waals surface area contributed by atoms with Crippen molar-refractivity contribution in [3.63, 3.8) is 0 Å².